The number of carbonyl (C=O) groups is 2. The average Bonchev–Trinajstić information content (AvgIpc) is 1.85. The molecule has 44 valence electrons. The van der Waals surface area contributed by atoms with E-state index < -0.39 is 11.9 Å². The van der Waals surface area contributed by atoms with Gasteiger partial charge >= 0.3 is 11.9 Å². The van der Waals surface area contributed by atoms with Crippen molar-refractivity contribution >= 4 is 34.5 Å². The molecule has 1 aliphatic rings. The van der Waals surface area contributed by atoms with Gasteiger partial charge < -0.3 is 4.74 Å². The van der Waals surface area contributed by atoms with Crippen LogP contribution in [0.4, 0.5) is 0 Å². The van der Waals surface area contributed by atoms with Gasteiger partial charge in [0.2, 0.25) is 0 Å². The van der Waals surface area contributed by atoms with E-state index in [4.69, 9.17) is 0 Å². The van der Waals surface area contributed by atoms with E-state index in [0.717, 1.165) is 0 Å². The van der Waals surface area contributed by atoms with Gasteiger partial charge in [0.15, 0.2) is 0 Å². The summed E-state index contributed by atoms with van der Waals surface area (Å²) in [6.07, 6.45) is 0.236. The molecule has 0 N–H and O–H groups in total. The van der Waals surface area contributed by atoms with E-state index in [1.807, 2.05) is 22.6 Å². The Bertz CT molecular complexity index is 142. The Hall–Kier alpha value is -0.130. The van der Waals surface area contributed by atoms with E-state index in [2.05, 4.69) is 4.74 Å². The van der Waals surface area contributed by atoms with E-state index in [-0.39, 0.29) is 10.3 Å². The van der Waals surface area contributed by atoms with Crippen LogP contribution < -0.4 is 0 Å². The normalized spacial score (nSPS) is 28.4. The predicted octanol–water partition coefficient (Wildman–Crippen LogP) is 0.264. The van der Waals surface area contributed by atoms with E-state index in [1.165, 1.54) is 0 Å². The van der Waals surface area contributed by atoms with E-state index in [9.17, 15) is 9.59 Å². The Morgan fingerprint density at radius 1 is 1.62 bits per heavy atom. The minimum Gasteiger partial charge on any atom is -0.392 e. The van der Waals surface area contributed by atoms with Gasteiger partial charge in [0.1, 0.15) is 3.92 Å². The Kier molecular flexibility index (Phi) is 1.50. The molecule has 1 heterocycles. The summed E-state index contributed by atoms with van der Waals surface area (Å²) >= 11 is 1.88. The fraction of sp³-hybridized carbons (Fsp3) is 0.500. The first kappa shape index (κ1) is 6.00. The zero-order chi connectivity index (χ0) is 6.15. The highest BCUT2D eigenvalue weighted by atomic mass is 127. The van der Waals surface area contributed by atoms with Gasteiger partial charge in [-0.15, -0.1) is 0 Å². The molecule has 1 atom stereocenters. The lowest BCUT2D eigenvalue weighted by molar-refractivity contribution is -0.151. The van der Waals surface area contributed by atoms with Crippen LogP contribution in [-0.4, -0.2) is 15.9 Å². The van der Waals surface area contributed by atoms with Crippen molar-refractivity contribution in [3.8, 4) is 0 Å². The van der Waals surface area contributed by atoms with Gasteiger partial charge in [0.05, 0.1) is 6.42 Å². The number of carbonyl (C=O) groups excluding carboxylic acids is 2. The maximum atomic E-state index is 10.3. The number of cyclic esters (lactones) is 2. The molecular formula is C4H3IO3. The first-order valence-corrected chi connectivity index (χ1v) is 3.33. The highest BCUT2D eigenvalue weighted by Gasteiger charge is 2.30. The van der Waals surface area contributed by atoms with Gasteiger partial charge in [-0.3, -0.25) is 9.59 Å². The smallest absolute Gasteiger partial charge is 0.327 e. The van der Waals surface area contributed by atoms with Crippen LogP contribution in [0.3, 0.4) is 0 Å². The Morgan fingerprint density at radius 2 is 2.25 bits per heavy atom. The third-order valence-corrected chi connectivity index (χ3v) is 1.76. The maximum Gasteiger partial charge on any atom is 0.327 e. The molecule has 0 aromatic carbocycles. The van der Waals surface area contributed by atoms with Crippen LogP contribution >= 0.6 is 22.6 Å². The van der Waals surface area contributed by atoms with Crippen molar-refractivity contribution < 1.29 is 14.3 Å². The zero-order valence-electron chi connectivity index (χ0n) is 3.89. The molecule has 0 radical (unpaired) electrons. The summed E-state index contributed by atoms with van der Waals surface area (Å²) in [5, 5.41) is 0. The predicted molar refractivity (Wildman–Crippen MR) is 33.5 cm³/mol. The Labute approximate surface area is 59.5 Å². The molecule has 0 spiro atoms. The molecule has 3 nitrogen and oxygen atoms in total. The summed E-state index contributed by atoms with van der Waals surface area (Å²) in [5.74, 6) is -0.815. The number of hydrogen-bond donors (Lipinski definition) is 0. The fourth-order valence-electron chi connectivity index (χ4n) is 0.447. The number of alkyl halides is 1. The Morgan fingerprint density at radius 3 is 2.38 bits per heavy atom. The lowest BCUT2D eigenvalue weighted by atomic mass is 10.4. The molecule has 1 fully saturated rings. The molecule has 0 aliphatic carbocycles. The van der Waals surface area contributed by atoms with Crippen molar-refractivity contribution in [3.05, 3.63) is 0 Å². The third kappa shape index (κ3) is 0.988. The van der Waals surface area contributed by atoms with E-state index in [0.29, 0.717) is 0 Å². The van der Waals surface area contributed by atoms with Crippen molar-refractivity contribution in [2.24, 2.45) is 0 Å². The van der Waals surface area contributed by atoms with Crippen LogP contribution in [0.2, 0.25) is 0 Å². The summed E-state index contributed by atoms with van der Waals surface area (Å²) < 4.78 is 3.94. The van der Waals surface area contributed by atoms with Gasteiger partial charge in [-0.05, 0) is 0 Å². The zero-order valence-corrected chi connectivity index (χ0v) is 6.04. The van der Waals surface area contributed by atoms with Crippen molar-refractivity contribution in [2.75, 3.05) is 0 Å². The summed E-state index contributed by atoms with van der Waals surface area (Å²) in [4.78, 5) is 20.5. The van der Waals surface area contributed by atoms with E-state index >= 15 is 0 Å². The highest BCUT2D eigenvalue weighted by molar-refractivity contribution is 14.1. The second-order valence-electron chi connectivity index (χ2n) is 1.46. The van der Waals surface area contributed by atoms with Crippen LogP contribution in [0.5, 0.6) is 0 Å². The molecule has 8 heavy (non-hydrogen) atoms. The van der Waals surface area contributed by atoms with Crippen LogP contribution in [0, 0.1) is 0 Å². The quantitative estimate of drug-likeness (QED) is 0.257. The van der Waals surface area contributed by atoms with Crippen LogP contribution in [0.15, 0.2) is 0 Å². The second kappa shape index (κ2) is 2.00. The average molecular weight is 226 g/mol. The molecule has 1 rings (SSSR count). The van der Waals surface area contributed by atoms with Gasteiger partial charge in [-0.1, -0.05) is 22.6 Å². The minimum absolute atomic E-state index is 0.236. The molecule has 0 amide bonds. The van der Waals surface area contributed by atoms with Crippen LogP contribution in [0.1, 0.15) is 6.42 Å². The molecule has 0 unspecified atom stereocenters. The SMILES string of the molecule is O=C1C[C@H](I)C(=O)O1. The van der Waals surface area contributed by atoms with Crippen LogP contribution in [0.25, 0.3) is 0 Å². The highest BCUT2D eigenvalue weighted by Crippen LogP contribution is 2.15. The van der Waals surface area contributed by atoms with Gasteiger partial charge in [0.25, 0.3) is 0 Å². The largest absolute Gasteiger partial charge is 0.392 e. The first-order valence-electron chi connectivity index (χ1n) is 2.09. The van der Waals surface area contributed by atoms with Crippen molar-refractivity contribution in [3.63, 3.8) is 0 Å². The number of hydrogen-bond acceptors (Lipinski definition) is 3. The first-order chi connectivity index (χ1) is 3.70. The molecule has 0 aromatic rings. The molecular weight excluding hydrogens is 223 g/mol. The van der Waals surface area contributed by atoms with Crippen LogP contribution in [-0.2, 0) is 14.3 Å². The fourth-order valence-corrected chi connectivity index (χ4v) is 0.934. The summed E-state index contributed by atoms with van der Waals surface area (Å²) in [5.41, 5.74) is 0. The summed E-state index contributed by atoms with van der Waals surface area (Å²) in [6, 6.07) is 0. The van der Waals surface area contributed by atoms with Crippen molar-refractivity contribution in [1.29, 1.82) is 0 Å². The summed E-state index contributed by atoms with van der Waals surface area (Å²) in [7, 11) is 0. The van der Waals surface area contributed by atoms with Gasteiger partial charge in [-0.2, -0.15) is 0 Å². The molecule has 1 saturated heterocycles. The number of halogens is 1. The molecule has 0 saturated carbocycles. The molecule has 0 bridgehead atoms. The number of ether oxygens (including phenoxy) is 1. The molecule has 4 heteroatoms. The summed E-state index contributed by atoms with van der Waals surface area (Å²) in [6.45, 7) is 0. The topological polar surface area (TPSA) is 43.4 Å². The van der Waals surface area contributed by atoms with Gasteiger partial charge in [0, 0.05) is 0 Å². The molecule has 1 aliphatic heterocycles. The Balaban J connectivity index is 2.64. The van der Waals surface area contributed by atoms with Crippen molar-refractivity contribution in [2.45, 2.75) is 10.3 Å². The maximum absolute atomic E-state index is 10.3. The standard InChI is InChI=1S/C4H3IO3/c5-2-1-3(6)8-4(2)7/h2H,1H2/t2-/m0/s1. The third-order valence-electron chi connectivity index (χ3n) is 0.816. The lowest BCUT2D eigenvalue weighted by Gasteiger charge is -1.84. The number of esters is 2. The lowest BCUT2D eigenvalue weighted by Crippen LogP contribution is -2.03. The van der Waals surface area contributed by atoms with Gasteiger partial charge in [-0.25, -0.2) is 0 Å². The molecule has 0 aromatic heterocycles. The van der Waals surface area contributed by atoms with E-state index in [1.54, 1.807) is 0 Å². The second-order valence-corrected chi connectivity index (χ2v) is 2.97. The van der Waals surface area contributed by atoms with Crippen molar-refractivity contribution in [1.82, 2.24) is 0 Å². The monoisotopic (exact) mass is 226 g/mol. The minimum atomic E-state index is -0.408. The number of rotatable bonds is 0.